The molecule has 160 valence electrons. The van der Waals surface area contributed by atoms with E-state index in [1.807, 2.05) is 0 Å². The molecule has 3 aromatic rings. The lowest BCUT2D eigenvalue weighted by molar-refractivity contribution is 0.587. The highest BCUT2D eigenvalue weighted by molar-refractivity contribution is 9.09. The Kier molecular flexibility index (Phi) is 13.5. The number of benzene rings is 3. The molecule has 0 radical (unpaired) electrons. The predicted octanol–water partition coefficient (Wildman–Crippen LogP) is 7.97. The lowest BCUT2D eigenvalue weighted by Crippen LogP contribution is -2.20. The molecule has 0 unspecified atom stereocenters. The standard InChI is InChI=1S/C18H15P.C10H21Br/c1-4-10-16(11-5-1)19(17-12-6-2-7-13-17)18-14-8-3-9-15-18;1-2-3-4-5-6-7-8-9-10-11/h1-15H;2-10H2,1H3. The summed E-state index contributed by atoms with van der Waals surface area (Å²) >= 11 is 3.44. The molecular weight excluding hydrogens is 447 g/mol. The number of alkyl halides is 1. The van der Waals surface area contributed by atoms with Crippen molar-refractivity contribution in [2.45, 2.75) is 58.3 Å². The van der Waals surface area contributed by atoms with Crippen LogP contribution in [0.5, 0.6) is 0 Å². The van der Waals surface area contributed by atoms with Gasteiger partial charge >= 0.3 is 0 Å². The van der Waals surface area contributed by atoms with Crippen LogP contribution < -0.4 is 15.9 Å². The fraction of sp³-hybridized carbons (Fsp3) is 0.357. The zero-order valence-corrected chi connectivity index (χ0v) is 20.8. The minimum absolute atomic E-state index is 0.446. The molecule has 3 rings (SSSR count). The second-order valence-corrected chi connectivity index (χ2v) is 10.5. The molecule has 0 aliphatic heterocycles. The maximum Gasteiger partial charge on any atom is 0.00313 e. The van der Waals surface area contributed by atoms with Crippen LogP contribution in [0, 0.1) is 0 Å². The average molecular weight is 483 g/mol. The third-order valence-corrected chi connectivity index (χ3v) is 8.03. The Bertz CT molecular complexity index is 657. The molecule has 0 aromatic heterocycles. The Morgan fingerprint density at radius 1 is 0.500 bits per heavy atom. The Hall–Kier alpha value is -1.43. The average Bonchev–Trinajstić information content (AvgIpc) is 2.81. The van der Waals surface area contributed by atoms with E-state index in [2.05, 4.69) is 114 Å². The number of hydrogen-bond acceptors (Lipinski definition) is 0. The van der Waals surface area contributed by atoms with Gasteiger partial charge in [0.15, 0.2) is 0 Å². The lowest BCUT2D eigenvalue weighted by Gasteiger charge is -2.18. The fourth-order valence-corrected chi connectivity index (χ4v) is 6.11. The van der Waals surface area contributed by atoms with Crippen LogP contribution in [0.25, 0.3) is 0 Å². The van der Waals surface area contributed by atoms with Crippen LogP contribution in [0.4, 0.5) is 0 Å². The molecule has 30 heavy (non-hydrogen) atoms. The molecule has 0 bridgehead atoms. The van der Waals surface area contributed by atoms with Gasteiger partial charge in [0, 0.05) is 5.33 Å². The molecule has 0 saturated carbocycles. The Labute approximate surface area is 194 Å². The Balaban J connectivity index is 0.000000252. The second-order valence-electron chi connectivity index (χ2n) is 7.51. The molecule has 3 aromatic carbocycles. The van der Waals surface area contributed by atoms with Gasteiger partial charge in [-0.3, -0.25) is 0 Å². The summed E-state index contributed by atoms with van der Waals surface area (Å²) in [4.78, 5) is 0. The second kappa shape index (κ2) is 16.3. The molecule has 0 spiro atoms. The van der Waals surface area contributed by atoms with Crippen molar-refractivity contribution in [3.63, 3.8) is 0 Å². The molecule has 0 aliphatic rings. The first-order valence-electron chi connectivity index (χ1n) is 11.4. The number of halogens is 1. The van der Waals surface area contributed by atoms with Crippen molar-refractivity contribution < 1.29 is 0 Å². The van der Waals surface area contributed by atoms with Crippen LogP contribution in [-0.4, -0.2) is 5.33 Å². The quantitative estimate of drug-likeness (QED) is 0.147. The van der Waals surface area contributed by atoms with Crippen LogP contribution in [-0.2, 0) is 0 Å². The third-order valence-electron chi connectivity index (χ3n) is 5.03. The highest BCUT2D eigenvalue weighted by Gasteiger charge is 2.14. The van der Waals surface area contributed by atoms with E-state index in [4.69, 9.17) is 0 Å². The van der Waals surface area contributed by atoms with Crippen molar-refractivity contribution in [1.82, 2.24) is 0 Å². The van der Waals surface area contributed by atoms with Crippen LogP contribution in [0.1, 0.15) is 58.3 Å². The zero-order chi connectivity index (χ0) is 21.3. The first-order valence-corrected chi connectivity index (χ1v) is 13.8. The normalized spacial score (nSPS) is 10.5. The molecule has 0 heterocycles. The number of unbranched alkanes of at least 4 members (excludes halogenated alkanes) is 7. The highest BCUT2D eigenvalue weighted by atomic mass is 79.9. The van der Waals surface area contributed by atoms with Gasteiger partial charge in [-0.2, -0.15) is 0 Å². The molecule has 0 N–H and O–H groups in total. The summed E-state index contributed by atoms with van der Waals surface area (Å²) in [7, 11) is -0.446. The van der Waals surface area contributed by atoms with E-state index in [-0.39, 0.29) is 0 Å². The maximum absolute atomic E-state index is 3.44. The van der Waals surface area contributed by atoms with Gasteiger partial charge in [0.1, 0.15) is 0 Å². The van der Waals surface area contributed by atoms with Crippen molar-refractivity contribution in [3.05, 3.63) is 91.0 Å². The van der Waals surface area contributed by atoms with E-state index in [0.29, 0.717) is 0 Å². The fourth-order valence-electron chi connectivity index (χ4n) is 3.41. The predicted molar refractivity (Wildman–Crippen MR) is 142 cm³/mol. The zero-order valence-electron chi connectivity index (χ0n) is 18.3. The summed E-state index contributed by atoms with van der Waals surface area (Å²) in [5, 5.41) is 5.38. The third kappa shape index (κ3) is 9.59. The van der Waals surface area contributed by atoms with Gasteiger partial charge < -0.3 is 0 Å². The van der Waals surface area contributed by atoms with Crippen LogP contribution >= 0.6 is 23.9 Å². The summed E-state index contributed by atoms with van der Waals surface area (Å²) < 4.78 is 0. The van der Waals surface area contributed by atoms with Gasteiger partial charge in [0.05, 0.1) is 0 Å². The summed E-state index contributed by atoms with van der Waals surface area (Å²) in [6.45, 7) is 2.27. The first kappa shape index (κ1) is 24.8. The van der Waals surface area contributed by atoms with E-state index in [0.717, 1.165) is 0 Å². The molecule has 0 nitrogen and oxygen atoms in total. The minimum atomic E-state index is -0.446. The van der Waals surface area contributed by atoms with E-state index in [1.165, 1.54) is 72.6 Å². The number of rotatable bonds is 11. The molecule has 0 fully saturated rings. The molecule has 2 heteroatoms. The smallest absolute Gasteiger partial charge is 0.00313 e. The Morgan fingerprint density at radius 2 is 0.833 bits per heavy atom. The summed E-state index contributed by atoms with van der Waals surface area (Å²) in [6, 6.07) is 32.3. The highest BCUT2D eigenvalue weighted by Crippen LogP contribution is 2.32. The largest absolute Gasteiger partial charge is 0.0928 e. The first-order chi connectivity index (χ1) is 14.9. The molecule has 0 atom stereocenters. The van der Waals surface area contributed by atoms with Gasteiger partial charge in [0.2, 0.25) is 0 Å². The van der Waals surface area contributed by atoms with Gasteiger partial charge in [0.25, 0.3) is 0 Å². The maximum atomic E-state index is 3.44. The van der Waals surface area contributed by atoms with Crippen molar-refractivity contribution in [2.24, 2.45) is 0 Å². The molecular formula is C28H36BrP. The summed E-state index contributed by atoms with van der Waals surface area (Å²) in [5.41, 5.74) is 0. The van der Waals surface area contributed by atoms with Crippen LogP contribution in [0.15, 0.2) is 91.0 Å². The van der Waals surface area contributed by atoms with Crippen molar-refractivity contribution in [3.8, 4) is 0 Å². The van der Waals surface area contributed by atoms with E-state index < -0.39 is 7.92 Å². The van der Waals surface area contributed by atoms with Crippen LogP contribution in [0.2, 0.25) is 0 Å². The molecule has 0 saturated heterocycles. The molecule has 0 aliphatic carbocycles. The SMILES string of the molecule is CCCCCCCCCCBr.c1ccc(P(c2ccccc2)c2ccccc2)cc1. The van der Waals surface area contributed by atoms with Gasteiger partial charge in [-0.05, 0) is 30.3 Å². The Morgan fingerprint density at radius 3 is 1.17 bits per heavy atom. The van der Waals surface area contributed by atoms with Crippen molar-refractivity contribution in [1.29, 1.82) is 0 Å². The van der Waals surface area contributed by atoms with Gasteiger partial charge in [-0.1, -0.05) is 159 Å². The van der Waals surface area contributed by atoms with Crippen molar-refractivity contribution >= 4 is 39.8 Å². The minimum Gasteiger partial charge on any atom is -0.0928 e. The van der Waals surface area contributed by atoms with E-state index >= 15 is 0 Å². The summed E-state index contributed by atoms with van der Waals surface area (Å²) in [6.07, 6.45) is 11.4. The van der Waals surface area contributed by atoms with Gasteiger partial charge in [-0.15, -0.1) is 0 Å². The van der Waals surface area contributed by atoms with E-state index in [1.54, 1.807) is 0 Å². The van der Waals surface area contributed by atoms with Crippen LogP contribution in [0.3, 0.4) is 0 Å². The lowest BCUT2D eigenvalue weighted by atomic mass is 10.1. The molecule has 0 amide bonds. The number of hydrogen-bond donors (Lipinski definition) is 0. The van der Waals surface area contributed by atoms with Crippen molar-refractivity contribution in [2.75, 3.05) is 5.33 Å². The van der Waals surface area contributed by atoms with E-state index in [9.17, 15) is 0 Å². The van der Waals surface area contributed by atoms with Gasteiger partial charge in [-0.25, -0.2) is 0 Å². The monoisotopic (exact) mass is 482 g/mol. The topological polar surface area (TPSA) is 0 Å². The summed E-state index contributed by atoms with van der Waals surface area (Å²) in [5.74, 6) is 0.